The van der Waals surface area contributed by atoms with E-state index in [1.165, 1.54) is 0 Å². The predicted octanol–water partition coefficient (Wildman–Crippen LogP) is 1.86. The summed E-state index contributed by atoms with van der Waals surface area (Å²) in [6, 6.07) is 7.84. The molecule has 0 spiro atoms. The lowest BCUT2D eigenvalue weighted by Gasteiger charge is -2.21. The van der Waals surface area contributed by atoms with Gasteiger partial charge in [-0.05, 0) is 43.9 Å². The number of benzene rings is 1. The number of hydrogen-bond donors (Lipinski definition) is 2. The average molecular weight is 305 g/mol. The quantitative estimate of drug-likeness (QED) is 0.720. The van der Waals surface area contributed by atoms with E-state index in [2.05, 4.69) is 11.5 Å². The highest BCUT2D eigenvalue weighted by Gasteiger charge is 2.27. The minimum absolute atomic E-state index is 0.274. The molecule has 122 valence electrons. The van der Waals surface area contributed by atoms with Gasteiger partial charge in [0.05, 0.1) is 6.10 Å². The summed E-state index contributed by atoms with van der Waals surface area (Å²) in [5, 5.41) is 19.8. The van der Waals surface area contributed by atoms with Crippen LogP contribution in [0.15, 0.2) is 36.9 Å². The van der Waals surface area contributed by atoms with Crippen molar-refractivity contribution >= 4 is 0 Å². The number of rotatable bonds is 8. The van der Waals surface area contributed by atoms with E-state index in [0.717, 1.165) is 37.2 Å². The summed E-state index contributed by atoms with van der Waals surface area (Å²) < 4.78 is 5.76. The first kappa shape index (κ1) is 17.0. The smallest absolute Gasteiger partial charge is 0.122 e. The second-order valence-corrected chi connectivity index (χ2v) is 6.11. The Labute approximate surface area is 133 Å². The Morgan fingerprint density at radius 1 is 1.41 bits per heavy atom. The predicted molar refractivity (Wildman–Crippen MR) is 88.1 cm³/mol. The van der Waals surface area contributed by atoms with Gasteiger partial charge in [0.1, 0.15) is 18.5 Å². The number of ether oxygens (including phenoxy) is 1. The highest BCUT2D eigenvalue weighted by atomic mass is 16.5. The summed E-state index contributed by atoms with van der Waals surface area (Å²) in [4.78, 5) is 2.20. The molecular formula is C18H27NO3. The molecule has 22 heavy (non-hydrogen) atoms. The summed E-state index contributed by atoms with van der Waals surface area (Å²) in [6.07, 6.45) is 2.80. The van der Waals surface area contributed by atoms with Crippen molar-refractivity contribution in [2.45, 2.75) is 32.0 Å². The molecule has 1 aromatic carbocycles. The third-order valence-electron chi connectivity index (χ3n) is 4.23. The molecule has 0 amide bonds. The number of aliphatic hydroxyl groups excluding tert-OH is 2. The number of nitrogens with zero attached hydrogens (tertiary/aromatic N) is 1. The first-order chi connectivity index (χ1) is 10.6. The van der Waals surface area contributed by atoms with E-state index in [1.807, 2.05) is 37.3 Å². The second kappa shape index (κ2) is 8.32. The summed E-state index contributed by atoms with van der Waals surface area (Å²) in [7, 11) is 0. The molecule has 2 rings (SSSR count). The van der Waals surface area contributed by atoms with Gasteiger partial charge >= 0.3 is 0 Å². The van der Waals surface area contributed by atoms with Crippen LogP contribution < -0.4 is 4.74 Å². The zero-order valence-corrected chi connectivity index (χ0v) is 13.3. The van der Waals surface area contributed by atoms with Crippen LogP contribution in [0.5, 0.6) is 5.75 Å². The normalized spacial score (nSPS) is 21.5. The molecule has 3 unspecified atom stereocenters. The van der Waals surface area contributed by atoms with Crippen LogP contribution in [0.3, 0.4) is 0 Å². The van der Waals surface area contributed by atoms with Crippen molar-refractivity contribution in [1.29, 1.82) is 0 Å². The molecule has 0 radical (unpaired) electrons. The molecule has 0 aliphatic carbocycles. The molecule has 1 aromatic rings. The monoisotopic (exact) mass is 305 g/mol. The zero-order chi connectivity index (χ0) is 15.9. The van der Waals surface area contributed by atoms with Gasteiger partial charge in [-0.1, -0.05) is 24.3 Å². The van der Waals surface area contributed by atoms with Gasteiger partial charge in [-0.25, -0.2) is 0 Å². The maximum absolute atomic E-state index is 10.2. The fourth-order valence-corrected chi connectivity index (χ4v) is 2.93. The molecular weight excluding hydrogens is 278 g/mol. The summed E-state index contributed by atoms with van der Waals surface area (Å²) in [5.41, 5.74) is 1.08. The summed E-state index contributed by atoms with van der Waals surface area (Å²) in [6.45, 7) is 8.24. The van der Waals surface area contributed by atoms with Crippen molar-refractivity contribution in [1.82, 2.24) is 4.90 Å². The second-order valence-electron chi connectivity index (χ2n) is 6.11. The Kier molecular flexibility index (Phi) is 6.43. The van der Waals surface area contributed by atoms with Crippen LogP contribution in [0.4, 0.5) is 0 Å². The maximum atomic E-state index is 10.2. The average Bonchev–Trinajstić information content (AvgIpc) is 2.95. The Morgan fingerprint density at radius 2 is 2.18 bits per heavy atom. The molecule has 0 saturated carbocycles. The van der Waals surface area contributed by atoms with Crippen molar-refractivity contribution in [3.63, 3.8) is 0 Å². The van der Waals surface area contributed by atoms with E-state index in [4.69, 9.17) is 4.74 Å². The molecule has 2 N–H and O–H groups in total. The van der Waals surface area contributed by atoms with Crippen LogP contribution in [0.25, 0.3) is 0 Å². The number of aliphatic hydroxyl groups is 2. The molecule has 1 heterocycles. The van der Waals surface area contributed by atoms with E-state index in [9.17, 15) is 10.2 Å². The lowest BCUT2D eigenvalue weighted by atomic mass is 10.0. The van der Waals surface area contributed by atoms with E-state index in [1.54, 1.807) is 0 Å². The van der Waals surface area contributed by atoms with Crippen LogP contribution in [0.1, 0.15) is 18.9 Å². The minimum atomic E-state index is -0.524. The Hall–Kier alpha value is -1.36. The third kappa shape index (κ3) is 4.83. The van der Waals surface area contributed by atoms with Gasteiger partial charge in [0, 0.05) is 13.1 Å². The van der Waals surface area contributed by atoms with E-state index in [0.29, 0.717) is 12.5 Å². The Bertz CT molecular complexity index is 475. The van der Waals surface area contributed by atoms with Gasteiger partial charge in [0.15, 0.2) is 0 Å². The Balaban J connectivity index is 1.78. The highest BCUT2D eigenvalue weighted by molar-refractivity contribution is 5.34. The summed E-state index contributed by atoms with van der Waals surface area (Å²) in [5.74, 6) is 1.13. The molecule has 1 aliphatic rings. The number of allylic oxidation sites excluding steroid dienone is 1. The zero-order valence-electron chi connectivity index (χ0n) is 13.3. The van der Waals surface area contributed by atoms with Gasteiger partial charge in [0.25, 0.3) is 0 Å². The van der Waals surface area contributed by atoms with Crippen molar-refractivity contribution in [2.75, 3.05) is 26.2 Å². The lowest BCUT2D eigenvalue weighted by molar-refractivity contribution is 0.0694. The molecule has 0 bridgehead atoms. The van der Waals surface area contributed by atoms with Gasteiger partial charge in [-0.3, -0.25) is 0 Å². The van der Waals surface area contributed by atoms with Crippen LogP contribution in [-0.2, 0) is 6.42 Å². The van der Waals surface area contributed by atoms with Crippen molar-refractivity contribution in [3.8, 4) is 5.75 Å². The fraction of sp³-hybridized carbons (Fsp3) is 0.556. The lowest BCUT2D eigenvalue weighted by Crippen LogP contribution is -2.35. The molecule has 0 aromatic heterocycles. The topological polar surface area (TPSA) is 52.9 Å². The largest absolute Gasteiger partial charge is 0.491 e. The first-order valence-electron chi connectivity index (χ1n) is 8.00. The molecule has 1 saturated heterocycles. The van der Waals surface area contributed by atoms with Crippen LogP contribution in [-0.4, -0.2) is 53.6 Å². The molecule has 3 atom stereocenters. The van der Waals surface area contributed by atoms with E-state index in [-0.39, 0.29) is 12.7 Å². The molecule has 4 heteroatoms. The number of hydrogen-bond acceptors (Lipinski definition) is 4. The standard InChI is InChI=1S/C18H27NO3/c1-3-6-15-7-4-5-8-18(15)22-13-17(21)12-19-10-9-16(11-19)14(2)20/h3-5,7-8,14,16-17,20-21H,1,6,9-13H2,2H3. The molecule has 4 nitrogen and oxygen atoms in total. The van der Waals surface area contributed by atoms with Gasteiger partial charge < -0.3 is 19.8 Å². The number of para-hydroxylation sites is 1. The summed E-state index contributed by atoms with van der Waals surface area (Å²) >= 11 is 0. The highest BCUT2D eigenvalue weighted by Crippen LogP contribution is 2.21. The van der Waals surface area contributed by atoms with E-state index < -0.39 is 6.10 Å². The maximum Gasteiger partial charge on any atom is 0.122 e. The minimum Gasteiger partial charge on any atom is -0.491 e. The van der Waals surface area contributed by atoms with Crippen LogP contribution >= 0.6 is 0 Å². The molecule has 1 aliphatic heterocycles. The van der Waals surface area contributed by atoms with Crippen molar-refractivity contribution in [2.24, 2.45) is 5.92 Å². The SMILES string of the molecule is C=CCc1ccccc1OCC(O)CN1CCC(C(C)O)C1. The van der Waals surface area contributed by atoms with Gasteiger partial charge in [-0.15, -0.1) is 6.58 Å². The van der Waals surface area contributed by atoms with Crippen LogP contribution in [0, 0.1) is 5.92 Å². The van der Waals surface area contributed by atoms with Crippen molar-refractivity contribution in [3.05, 3.63) is 42.5 Å². The van der Waals surface area contributed by atoms with Gasteiger partial charge in [0.2, 0.25) is 0 Å². The molecule has 1 fully saturated rings. The Morgan fingerprint density at radius 3 is 2.86 bits per heavy atom. The van der Waals surface area contributed by atoms with Crippen molar-refractivity contribution < 1.29 is 14.9 Å². The third-order valence-corrected chi connectivity index (χ3v) is 4.23. The van der Waals surface area contributed by atoms with Crippen LogP contribution in [0.2, 0.25) is 0 Å². The first-order valence-corrected chi connectivity index (χ1v) is 8.00. The van der Waals surface area contributed by atoms with Gasteiger partial charge in [-0.2, -0.15) is 0 Å². The fourth-order valence-electron chi connectivity index (χ4n) is 2.93. The van der Waals surface area contributed by atoms with E-state index >= 15 is 0 Å². The number of likely N-dealkylation sites (tertiary alicyclic amines) is 1. The number of β-amino-alcohol motifs (C(OH)–C–C–N with tert-alkyl or cyclic N) is 1.